The van der Waals surface area contributed by atoms with Gasteiger partial charge < -0.3 is 13.7 Å². The topological polar surface area (TPSA) is 27.7 Å². The second-order valence-electron chi connectivity index (χ2n) is 6.93. The third-order valence-corrected chi connectivity index (χ3v) is 5.55. The third-order valence-electron chi connectivity index (χ3n) is 5.19. The number of fused-ring (bicyclic) bond motifs is 1. The highest BCUT2D eigenvalue weighted by Crippen LogP contribution is 2.46. The monoisotopic (exact) mass is 392 g/mol. The van der Waals surface area contributed by atoms with Crippen molar-refractivity contribution in [1.82, 2.24) is 0 Å². The van der Waals surface area contributed by atoms with Gasteiger partial charge in [0, 0.05) is 30.8 Å². The molecule has 144 valence electrons. The van der Waals surface area contributed by atoms with Crippen molar-refractivity contribution in [2.24, 2.45) is 0 Å². The summed E-state index contributed by atoms with van der Waals surface area (Å²) >= 11 is 1.36. The van der Waals surface area contributed by atoms with Crippen molar-refractivity contribution in [2.45, 2.75) is 18.4 Å². The van der Waals surface area contributed by atoms with Crippen LogP contribution in [0.5, 0.6) is 11.5 Å². The van der Waals surface area contributed by atoms with E-state index in [0.29, 0.717) is 13.2 Å². The predicted octanol–water partition coefficient (Wildman–Crippen LogP) is 5.80. The Kier molecular flexibility index (Phi) is 5.89. The van der Waals surface area contributed by atoms with E-state index in [1.165, 1.54) is 28.7 Å². The molecule has 0 saturated heterocycles. The van der Waals surface area contributed by atoms with Gasteiger partial charge >= 0.3 is 0 Å². The molecule has 2 unspecified atom stereocenters. The van der Waals surface area contributed by atoms with Gasteiger partial charge in [-0.05, 0) is 41.0 Å². The Bertz CT molecular complexity index is 909. The van der Waals surface area contributed by atoms with Crippen molar-refractivity contribution in [3.05, 3.63) is 95.1 Å². The molecule has 0 amide bonds. The Labute approximate surface area is 170 Å². The highest BCUT2D eigenvalue weighted by molar-refractivity contribution is 7.94. The van der Waals surface area contributed by atoms with Crippen LogP contribution in [0.4, 0.5) is 0 Å². The lowest BCUT2D eigenvalue weighted by Crippen LogP contribution is -2.25. The van der Waals surface area contributed by atoms with Gasteiger partial charge in [-0.2, -0.15) is 0 Å². The highest BCUT2D eigenvalue weighted by atomic mass is 32.2. The molecule has 0 fully saturated rings. The average molecular weight is 393 g/mol. The summed E-state index contributed by atoms with van der Waals surface area (Å²) in [5, 5.41) is 0. The first-order valence-electron chi connectivity index (χ1n) is 9.40. The fourth-order valence-electron chi connectivity index (χ4n) is 3.95. The maximum Gasteiger partial charge on any atom is 0.137 e. The minimum absolute atomic E-state index is 0.214. The molecule has 2 atom stereocenters. The van der Waals surface area contributed by atoms with Crippen molar-refractivity contribution >= 4 is 12.0 Å². The van der Waals surface area contributed by atoms with Crippen LogP contribution in [0, 0.1) is 0 Å². The maximum absolute atomic E-state index is 6.17. The zero-order valence-corrected chi connectivity index (χ0v) is 16.9. The van der Waals surface area contributed by atoms with Gasteiger partial charge in [-0.3, -0.25) is 0 Å². The number of rotatable bonds is 6. The van der Waals surface area contributed by atoms with Gasteiger partial charge in [0.1, 0.15) is 11.5 Å². The van der Waals surface area contributed by atoms with Crippen LogP contribution in [-0.4, -0.2) is 20.0 Å². The van der Waals surface area contributed by atoms with Crippen LogP contribution in [-0.2, 0) is 11.3 Å². The lowest BCUT2D eigenvalue weighted by molar-refractivity contribution is 0.184. The fourth-order valence-corrected chi connectivity index (χ4v) is 4.25. The van der Waals surface area contributed by atoms with Crippen molar-refractivity contribution in [3.63, 3.8) is 0 Å². The van der Waals surface area contributed by atoms with Gasteiger partial charge in [-0.1, -0.05) is 48.5 Å². The van der Waals surface area contributed by atoms with E-state index < -0.39 is 0 Å². The van der Waals surface area contributed by atoms with Crippen molar-refractivity contribution in [2.75, 3.05) is 20.0 Å². The molecule has 3 nitrogen and oxygen atoms in total. The summed E-state index contributed by atoms with van der Waals surface area (Å²) in [5.74, 6) is 2.29. The molecule has 1 aliphatic heterocycles. The lowest BCUT2D eigenvalue weighted by Gasteiger charge is -2.35. The Morgan fingerprint density at radius 3 is 2.46 bits per heavy atom. The van der Waals surface area contributed by atoms with E-state index in [2.05, 4.69) is 60.7 Å². The molecule has 0 aromatic heterocycles. The summed E-state index contributed by atoms with van der Waals surface area (Å²) in [6.45, 7) is 1.25. The molecule has 1 aliphatic rings. The molecular formula is C24H24O3S. The number of ether oxygens (including phenoxy) is 2. The van der Waals surface area contributed by atoms with E-state index >= 15 is 0 Å². The first-order valence-corrected chi connectivity index (χ1v) is 10.5. The normalized spacial score (nSPS) is 18.2. The van der Waals surface area contributed by atoms with Crippen molar-refractivity contribution in [1.29, 1.82) is 0 Å². The van der Waals surface area contributed by atoms with Gasteiger partial charge in [0.15, 0.2) is 0 Å². The van der Waals surface area contributed by atoms with E-state index in [4.69, 9.17) is 13.7 Å². The molecule has 1 heterocycles. The largest absolute Gasteiger partial charge is 0.493 e. The molecule has 4 rings (SSSR count). The molecule has 0 spiro atoms. The van der Waals surface area contributed by atoms with E-state index in [0.717, 1.165) is 17.1 Å². The van der Waals surface area contributed by atoms with Crippen molar-refractivity contribution in [3.8, 4) is 11.5 Å². The maximum atomic E-state index is 6.17. The molecule has 0 saturated carbocycles. The van der Waals surface area contributed by atoms with Crippen LogP contribution >= 0.6 is 12.0 Å². The second-order valence-corrected chi connectivity index (χ2v) is 7.43. The summed E-state index contributed by atoms with van der Waals surface area (Å²) in [6.07, 6.45) is 1.92. The lowest BCUT2D eigenvalue weighted by atomic mass is 9.75. The number of hydrogen-bond donors (Lipinski definition) is 0. The Balaban J connectivity index is 1.79. The molecule has 0 radical (unpaired) electrons. The quantitative estimate of drug-likeness (QED) is 0.496. The van der Waals surface area contributed by atoms with E-state index in [9.17, 15) is 0 Å². The molecule has 0 aliphatic carbocycles. The van der Waals surface area contributed by atoms with Crippen LogP contribution in [0.25, 0.3) is 0 Å². The van der Waals surface area contributed by atoms with Gasteiger partial charge in [-0.25, -0.2) is 0 Å². The summed E-state index contributed by atoms with van der Waals surface area (Å²) in [5.41, 5.74) is 4.93. The second kappa shape index (κ2) is 8.72. The van der Waals surface area contributed by atoms with E-state index in [-0.39, 0.29) is 11.8 Å². The van der Waals surface area contributed by atoms with Crippen LogP contribution in [0.3, 0.4) is 0 Å². The van der Waals surface area contributed by atoms with E-state index in [1.54, 1.807) is 7.11 Å². The zero-order valence-electron chi connectivity index (χ0n) is 16.1. The molecule has 4 heteroatoms. The summed E-state index contributed by atoms with van der Waals surface area (Å²) < 4.78 is 17.1. The number of hydrogen-bond acceptors (Lipinski definition) is 4. The minimum atomic E-state index is 0.214. The zero-order chi connectivity index (χ0) is 19.3. The summed E-state index contributed by atoms with van der Waals surface area (Å²) in [4.78, 5) is 0. The Morgan fingerprint density at radius 2 is 1.75 bits per heavy atom. The molecule has 3 aromatic carbocycles. The summed E-state index contributed by atoms with van der Waals surface area (Å²) in [7, 11) is 1.73. The fraction of sp³-hybridized carbons (Fsp3) is 0.250. The average Bonchev–Trinajstić information content (AvgIpc) is 2.75. The predicted molar refractivity (Wildman–Crippen MR) is 114 cm³/mol. The third kappa shape index (κ3) is 3.89. The van der Waals surface area contributed by atoms with Crippen LogP contribution in [0.2, 0.25) is 0 Å². The molecule has 0 N–H and O–H groups in total. The summed E-state index contributed by atoms with van der Waals surface area (Å²) in [6, 6.07) is 25.4. The molecule has 3 aromatic rings. The van der Waals surface area contributed by atoms with Crippen LogP contribution in [0.1, 0.15) is 34.1 Å². The van der Waals surface area contributed by atoms with Crippen LogP contribution < -0.4 is 8.92 Å². The van der Waals surface area contributed by atoms with Crippen molar-refractivity contribution < 1.29 is 13.7 Å². The number of methoxy groups -OCH3 is 1. The first-order chi connectivity index (χ1) is 13.8. The van der Waals surface area contributed by atoms with Crippen LogP contribution in [0.15, 0.2) is 72.8 Å². The minimum Gasteiger partial charge on any atom is -0.493 e. The molecule has 28 heavy (non-hydrogen) atoms. The molecular weight excluding hydrogens is 368 g/mol. The molecule has 0 bridgehead atoms. The van der Waals surface area contributed by atoms with Gasteiger partial charge in [0.2, 0.25) is 0 Å². The SMILES string of the molecule is COCc1ccc2c(c1)C(c1ccc(OSC)cc1)C(c1ccccc1)CO2. The van der Waals surface area contributed by atoms with Gasteiger partial charge in [0.25, 0.3) is 0 Å². The smallest absolute Gasteiger partial charge is 0.137 e. The standard InChI is InChI=1S/C24H24O3S/c1-25-15-17-8-13-23-21(14-17)24(19-9-11-20(12-10-19)27-28-2)22(16-26-23)18-6-4-3-5-7-18/h3-14,22,24H,15-16H2,1-2H3. The first kappa shape index (κ1) is 18.9. The van der Waals surface area contributed by atoms with Gasteiger partial charge in [-0.15, -0.1) is 0 Å². The van der Waals surface area contributed by atoms with E-state index in [1.807, 2.05) is 18.4 Å². The Hall–Kier alpha value is -2.43. The Morgan fingerprint density at radius 1 is 0.964 bits per heavy atom. The number of benzene rings is 3. The van der Waals surface area contributed by atoms with Gasteiger partial charge in [0.05, 0.1) is 25.3 Å². The highest BCUT2D eigenvalue weighted by Gasteiger charge is 2.33.